The van der Waals surface area contributed by atoms with E-state index >= 15 is 0 Å². The third-order valence-corrected chi connectivity index (χ3v) is 8.26. The van der Waals surface area contributed by atoms with Crippen LogP contribution >= 0.6 is 0 Å². The first-order valence-corrected chi connectivity index (χ1v) is 11.2. The van der Waals surface area contributed by atoms with Crippen molar-refractivity contribution in [2.75, 3.05) is 19.6 Å². The van der Waals surface area contributed by atoms with Crippen LogP contribution in [0.3, 0.4) is 0 Å². The Bertz CT molecular complexity index is 1080. The van der Waals surface area contributed by atoms with Crippen LogP contribution in [0.2, 0.25) is 0 Å². The normalized spacial score (nSPS) is 22.5. The molecule has 7 nitrogen and oxygen atoms in total. The zero-order chi connectivity index (χ0) is 25.0. The second-order valence-corrected chi connectivity index (χ2v) is 11.1. The minimum absolute atomic E-state index is 0.00318. The van der Waals surface area contributed by atoms with E-state index in [0.29, 0.717) is 12.1 Å². The molecule has 1 amide bonds. The van der Waals surface area contributed by atoms with Gasteiger partial charge in [-0.25, -0.2) is 13.8 Å². The number of nitrogens with zero attached hydrogens (tertiary/aromatic N) is 2. The highest BCUT2D eigenvalue weighted by Crippen LogP contribution is 2.36. The maximum absolute atomic E-state index is 13.2. The lowest BCUT2D eigenvalue weighted by atomic mass is 10.1. The number of carbonyl (C=O) groups excluding carboxylic acids is 1. The number of hydrazine groups is 1. The van der Waals surface area contributed by atoms with Crippen LogP contribution in [0.4, 0.5) is 26.3 Å². The van der Waals surface area contributed by atoms with Crippen molar-refractivity contribution in [3.8, 4) is 0 Å². The number of hydrogen-bond donors (Lipinski definition) is 2. The van der Waals surface area contributed by atoms with Gasteiger partial charge in [-0.3, -0.25) is 9.80 Å². The van der Waals surface area contributed by atoms with Crippen LogP contribution in [0.1, 0.15) is 25.8 Å². The third-order valence-electron chi connectivity index (χ3n) is 5.73. The monoisotopic (exact) mass is 500 g/mol. The molecule has 1 saturated heterocycles. The first kappa shape index (κ1) is 25.3. The molecule has 1 aromatic rings. The average molecular weight is 500 g/mol. The molecule has 0 aromatic heterocycles. The Kier molecular flexibility index (Phi) is 6.04. The number of hydrogen-bond acceptors (Lipinski definition) is 6. The Balaban J connectivity index is 1.77. The van der Waals surface area contributed by atoms with Gasteiger partial charge in [0.25, 0.3) is 5.91 Å². The number of carbonyl (C=O) groups is 1. The fourth-order valence-electron chi connectivity index (χ4n) is 3.50. The van der Waals surface area contributed by atoms with Crippen molar-refractivity contribution >= 4 is 15.7 Å². The topological polar surface area (TPSA) is 95.7 Å². The van der Waals surface area contributed by atoms with E-state index in [1.54, 1.807) is 0 Å². The Hall–Kier alpha value is -2.32. The second-order valence-electron chi connectivity index (χ2n) is 8.49. The van der Waals surface area contributed by atoms with Crippen LogP contribution < -0.4 is 11.2 Å². The molecule has 0 saturated carbocycles. The summed E-state index contributed by atoms with van der Waals surface area (Å²) in [6, 6.07) is 3.36. The fraction of sp³-hybridized carbons (Fsp3) is 0.526. The van der Waals surface area contributed by atoms with E-state index in [4.69, 9.17) is 5.73 Å². The summed E-state index contributed by atoms with van der Waals surface area (Å²) >= 11 is 0. The number of rotatable bonds is 5. The van der Waals surface area contributed by atoms with Crippen LogP contribution in [0.15, 0.2) is 40.9 Å². The SMILES string of the molecule is CC(C)(CCN1CCN2NC(N)(C(F)(F)F)C=C2C1=O)S(=O)(=O)c1cccc(C(F)(F)F)c1. The molecule has 1 unspecified atom stereocenters. The highest BCUT2D eigenvalue weighted by Gasteiger charge is 2.57. The number of sulfone groups is 1. The molecule has 14 heteroatoms. The highest BCUT2D eigenvalue weighted by atomic mass is 32.2. The smallest absolute Gasteiger partial charge is 0.335 e. The van der Waals surface area contributed by atoms with Crippen LogP contribution in [-0.2, 0) is 20.8 Å². The molecule has 3 rings (SSSR count). The van der Waals surface area contributed by atoms with E-state index in [2.05, 4.69) is 5.43 Å². The van der Waals surface area contributed by atoms with E-state index in [1.807, 2.05) is 0 Å². The zero-order valence-corrected chi connectivity index (χ0v) is 18.4. The van der Waals surface area contributed by atoms with Crippen molar-refractivity contribution in [2.24, 2.45) is 5.73 Å². The standard InChI is InChI=1S/C19H22F6N4O3S/c1-16(2,33(31,32)13-5-3-4-12(10-13)18(20,21)22)6-7-28-8-9-29-14(15(28)30)11-17(26,27-29)19(23,24)25/h3-5,10-11,27H,6-9,26H2,1-2H3. The number of halogens is 6. The lowest BCUT2D eigenvalue weighted by molar-refractivity contribution is -0.187. The molecule has 0 bridgehead atoms. The summed E-state index contributed by atoms with van der Waals surface area (Å²) in [5.41, 5.74) is 3.06. The fourth-order valence-corrected chi connectivity index (χ4v) is 5.04. The minimum Gasteiger partial charge on any atom is -0.335 e. The Morgan fingerprint density at radius 2 is 1.76 bits per heavy atom. The number of nitrogens with two attached hydrogens (primary N) is 1. The molecule has 0 spiro atoms. The van der Waals surface area contributed by atoms with Crippen molar-refractivity contribution < 1.29 is 39.6 Å². The second kappa shape index (κ2) is 7.87. The molecular formula is C19H22F6N4O3S. The predicted molar refractivity (Wildman–Crippen MR) is 105 cm³/mol. The van der Waals surface area contributed by atoms with Gasteiger partial charge in [-0.2, -0.15) is 26.3 Å². The number of fused-ring (bicyclic) bond motifs is 1. The summed E-state index contributed by atoms with van der Waals surface area (Å²) < 4.78 is 103. The van der Waals surface area contributed by atoms with Gasteiger partial charge in [-0.15, -0.1) is 0 Å². The molecule has 1 atom stereocenters. The average Bonchev–Trinajstić information content (AvgIpc) is 3.05. The number of benzene rings is 1. The summed E-state index contributed by atoms with van der Waals surface area (Å²) in [5.74, 6) is -0.766. The Morgan fingerprint density at radius 3 is 2.33 bits per heavy atom. The maximum atomic E-state index is 13.2. The van der Waals surface area contributed by atoms with Gasteiger partial charge in [0.05, 0.1) is 21.8 Å². The van der Waals surface area contributed by atoms with Crippen molar-refractivity contribution in [2.45, 2.75) is 47.9 Å². The molecule has 0 aliphatic carbocycles. The van der Waals surface area contributed by atoms with Crippen molar-refractivity contribution in [1.82, 2.24) is 15.3 Å². The van der Waals surface area contributed by atoms with Crippen LogP contribution in [-0.4, -0.2) is 60.5 Å². The summed E-state index contributed by atoms with van der Waals surface area (Å²) in [7, 11) is -4.24. The largest absolute Gasteiger partial charge is 0.425 e. The zero-order valence-electron chi connectivity index (χ0n) is 17.6. The number of piperazine rings is 1. The number of amides is 1. The van der Waals surface area contributed by atoms with E-state index in [-0.39, 0.29) is 31.8 Å². The molecule has 1 aromatic carbocycles. The van der Waals surface area contributed by atoms with Gasteiger partial charge in [0.1, 0.15) is 5.70 Å². The lowest BCUT2D eigenvalue weighted by Gasteiger charge is -2.37. The Morgan fingerprint density at radius 1 is 1.12 bits per heavy atom. The summed E-state index contributed by atoms with van der Waals surface area (Å²) in [6.07, 6.45) is -9.17. The Labute approximate surface area is 186 Å². The molecule has 2 aliphatic heterocycles. The van der Waals surface area contributed by atoms with Gasteiger partial charge < -0.3 is 10.6 Å². The van der Waals surface area contributed by atoms with Gasteiger partial charge >= 0.3 is 12.4 Å². The molecule has 1 fully saturated rings. The van der Waals surface area contributed by atoms with E-state index in [9.17, 15) is 39.6 Å². The van der Waals surface area contributed by atoms with Gasteiger partial charge in [-0.05, 0) is 44.5 Å². The predicted octanol–water partition coefficient (Wildman–Crippen LogP) is 2.41. The molecule has 184 valence electrons. The van der Waals surface area contributed by atoms with Crippen LogP contribution in [0.25, 0.3) is 0 Å². The van der Waals surface area contributed by atoms with Crippen molar-refractivity contribution in [1.29, 1.82) is 0 Å². The quantitative estimate of drug-likeness (QED) is 0.603. The third kappa shape index (κ3) is 4.55. The van der Waals surface area contributed by atoms with Gasteiger partial charge in [-0.1, -0.05) is 6.07 Å². The van der Waals surface area contributed by atoms with Crippen LogP contribution in [0, 0.1) is 0 Å². The molecular weight excluding hydrogens is 478 g/mol. The van der Waals surface area contributed by atoms with Crippen molar-refractivity contribution in [3.63, 3.8) is 0 Å². The van der Waals surface area contributed by atoms with E-state index in [1.165, 1.54) is 18.7 Å². The first-order valence-electron chi connectivity index (χ1n) is 9.74. The minimum atomic E-state index is -4.86. The lowest BCUT2D eigenvalue weighted by Crippen LogP contribution is -2.64. The molecule has 0 radical (unpaired) electrons. The van der Waals surface area contributed by atoms with Gasteiger partial charge in [0.2, 0.25) is 5.66 Å². The van der Waals surface area contributed by atoms with E-state index in [0.717, 1.165) is 23.2 Å². The van der Waals surface area contributed by atoms with Crippen LogP contribution in [0.5, 0.6) is 0 Å². The summed E-state index contributed by atoms with van der Waals surface area (Å²) in [4.78, 5) is 13.4. The first-order chi connectivity index (χ1) is 14.9. The summed E-state index contributed by atoms with van der Waals surface area (Å²) in [6.45, 7) is 2.46. The molecule has 3 N–H and O–H groups in total. The van der Waals surface area contributed by atoms with Crippen molar-refractivity contribution in [3.05, 3.63) is 41.6 Å². The highest BCUT2D eigenvalue weighted by molar-refractivity contribution is 7.92. The molecule has 2 aliphatic rings. The molecule has 2 heterocycles. The molecule has 33 heavy (non-hydrogen) atoms. The number of alkyl halides is 6. The summed E-state index contributed by atoms with van der Waals surface area (Å²) in [5, 5.41) is 0.997. The number of nitrogens with one attached hydrogen (secondary N) is 1. The maximum Gasteiger partial charge on any atom is 0.425 e. The van der Waals surface area contributed by atoms with E-state index < -0.39 is 49.0 Å². The van der Waals surface area contributed by atoms with Gasteiger partial charge in [0.15, 0.2) is 9.84 Å². The van der Waals surface area contributed by atoms with Gasteiger partial charge in [0, 0.05) is 13.1 Å².